The first-order chi connectivity index (χ1) is 14.0. The van der Waals surface area contributed by atoms with Crippen LogP contribution in [0.1, 0.15) is 12.3 Å². The molecule has 0 unspecified atom stereocenters. The van der Waals surface area contributed by atoms with Crippen LogP contribution < -0.4 is 10.6 Å². The second-order valence-corrected chi connectivity index (χ2v) is 6.07. The second kappa shape index (κ2) is 9.45. The van der Waals surface area contributed by atoms with Gasteiger partial charge in [0.2, 0.25) is 5.91 Å². The monoisotopic (exact) mass is 399 g/mol. The first-order valence-corrected chi connectivity index (χ1v) is 8.82. The van der Waals surface area contributed by atoms with E-state index < -0.39 is 30.2 Å². The summed E-state index contributed by atoms with van der Waals surface area (Å²) in [6.45, 7) is -0.813. The van der Waals surface area contributed by atoms with Crippen LogP contribution in [-0.2, 0) is 25.5 Å². The number of amides is 2. The normalized spacial score (nSPS) is 10.5. The molecule has 0 saturated heterocycles. The van der Waals surface area contributed by atoms with Crippen molar-refractivity contribution in [2.75, 3.05) is 18.5 Å². The number of hydrogen-bond donors (Lipinski definition) is 2. The fourth-order valence-corrected chi connectivity index (χ4v) is 2.42. The van der Waals surface area contributed by atoms with Gasteiger partial charge in [-0.25, -0.2) is 9.37 Å². The van der Waals surface area contributed by atoms with E-state index in [0.29, 0.717) is 22.7 Å². The van der Waals surface area contributed by atoms with Crippen LogP contribution in [0.3, 0.4) is 0 Å². The van der Waals surface area contributed by atoms with Gasteiger partial charge in [0.05, 0.1) is 13.0 Å². The Kier molecular flexibility index (Phi) is 6.51. The molecule has 9 heteroatoms. The first-order valence-electron chi connectivity index (χ1n) is 8.82. The lowest BCUT2D eigenvalue weighted by Gasteiger charge is -2.07. The van der Waals surface area contributed by atoms with E-state index in [9.17, 15) is 18.8 Å². The predicted octanol–water partition coefficient (Wildman–Crippen LogP) is 2.20. The zero-order valence-electron chi connectivity index (χ0n) is 15.3. The minimum absolute atomic E-state index is 0.00511. The summed E-state index contributed by atoms with van der Waals surface area (Å²) < 4.78 is 23.2. The Hall–Kier alpha value is -3.75. The summed E-state index contributed by atoms with van der Waals surface area (Å²) in [6, 6.07) is 12.4. The van der Waals surface area contributed by atoms with Gasteiger partial charge in [-0.3, -0.25) is 14.4 Å². The number of oxazole rings is 1. The van der Waals surface area contributed by atoms with Gasteiger partial charge in [-0.2, -0.15) is 0 Å². The van der Waals surface area contributed by atoms with E-state index in [0.717, 1.165) is 0 Å². The van der Waals surface area contributed by atoms with Crippen LogP contribution in [0.5, 0.6) is 0 Å². The number of halogens is 1. The molecule has 0 fully saturated rings. The van der Waals surface area contributed by atoms with Crippen molar-refractivity contribution in [3.05, 3.63) is 60.2 Å². The number of hydrogen-bond acceptors (Lipinski definition) is 6. The number of anilines is 1. The Bertz CT molecular complexity index is 983. The van der Waals surface area contributed by atoms with Crippen LogP contribution in [0.15, 0.2) is 52.9 Å². The number of aromatic nitrogens is 1. The number of fused-ring (bicyclic) bond motifs is 1. The number of esters is 1. The number of nitrogens with one attached hydrogen (secondary N) is 2. The van der Waals surface area contributed by atoms with E-state index in [4.69, 9.17) is 9.15 Å². The van der Waals surface area contributed by atoms with Crippen molar-refractivity contribution in [1.82, 2.24) is 10.3 Å². The average molecular weight is 399 g/mol. The first kappa shape index (κ1) is 20.0. The number of aryl methyl sites for hydroxylation is 1. The van der Waals surface area contributed by atoms with Crippen LogP contribution in [0.4, 0.5) is 10.1 Å². The van der Waals surface area contributed by atoms with Crippen molar-refractivity contribution in [1.29, 1.82) is 0 Å². The molecule has 0 aliphatic heterocycles. The molecule has 29 heavy (non-hydrogen) atoms. The van der Waals surface area contributed by atoms with Gasteiger partial charge in [-0.1, -0.05) is 12.1 Å². The molecule has 0 spiro atoms. The second-order valence-electron chi connectivity index (χ2n) is 6.07. The van der Waals surface area contributed by atoms with Crippen molar-refractivity contribution in [3.63, 3.8) is 0 Å². The summed E-state index contributed by atoms with van der Waals surface area (Å²) >= 11 is 0. The highest BCUT2D eigenvalue weighted by Crippen LogP contribution is 2.15. The molecule has 3 rings (SSSR count). The van der Waals surface area contributed by atoms with E-state index >= 15 is 0 Å². The van der Waals surface area contributed by atoms with Gasteiger partial charge in [-0.05, 0) is 36.4 Å². The lowest BCUT2D eigenvalue weighted by Crippen LogP contribution is -2.35. The van der Waals surface area contributed by atoms with Crippen molar-refractivity contribution >= 4 is 34.6 Å². The summed E-state index contributed by atoms with van der Waals surface area (Å²) in [5, 5.41) is 4.82. The summed E-state index contributed by atoms with van der Waals surface area (Å²) in [6.07, 6.45) is 0.250. The van der Waals surface area contributed by atoms with Crippen molar-refractivity contribution in [3.8, 4) is 0 Å². The number of benzene rings is 2. The third kappa shape index (κ3) is 6.13. The van der Waals surface area contributed by atoms with Gasteiger partial charge in [0.25, 0.3) is 5.91 Å². The molecular formula is C20H18FN3O5. The molecule has 2 N–H and O–H groups in total. The zero-order valence-corrected chi connectivity index (χ0v) is 15.3. The Morgan fingerprint density at radius 2 is 1.79 bits per heavy atom. The minimum atomic E-state index is -0.616. The molecule has 0 bridgehead atoms. The largest absolute Gasteiger partial charge is 0.456 e. The Balaban J connectivity index is 1.33. The standard InChI is InChI=1S/C20H18FN3O5/c21-13-5-7-14(8-6-13)23-17(25)11-22-18(26)12-28-20(27)10-9-19-24-15-3-1-2-4-16(15)29-19/h1-8H,9-12H2,(H,22,26)(H,23,25). The predicted molar refractivity (Wildman–Crippen MR) is 101 cm³/mol. The van der Waals surface area contributed by atoms with Crippen molar-refractivity contribution < 1.29 is 27.9 Å². The fourth-order valence-electron chi connectivity index (χ4n) is 2.42. The van der Waals surface area contributed by atoms with Gasteiger partial charge >= 0.3 is 5.97 Å². The molecule has 0 aliphatic rings. The SMILES string of the molecule is O=C(COC(=O)CCc1nc2ccccc2o1)NCC(=O)Nc1ccc(F)cc1. The Morgan fingerprint density at radius 3 is 2.55 bits per heavy atom. The Labute approximate surface area is 165 Å². The van der Waals surface area contributed by atoms with Gasteiger partial charge in [0, 0.05) is 12.1 Å². The van der Waals surface area contributed by atoms with Gasteiger partial charge < -0.3 is 19.8 Å². The van der Waals surface area contributed by atoms with Crippen LogP contribution in [0.25, 0.3) is 11.1 Å². The quantitative estimate of drug-likeness (QED) is 0.562. The van der Waals surface area contributed by atoms with Crippen LogP contribution >= 0.6 is 0 Å². The van der Waals surface area contributed by atoms with Gasteiger partial charge in [0.1, 0.15) is 11.3 Å². The van der Waals surface area contributed by atoms with Crippen molar-refractivity contribution in [2.24, 2.45) is 0 Å². The maximum absolute atomic E-state index is 12.8. The molecule has 0 saturated carbocycles. The summed E-state index contributed by atoms with van der Waals surface area (Å²) in [7, 11) is 0. The van der Waals surface area contributed by atoms with E-state index in [2.05, 4.69) is 15.6 Å². The average Bonchev–Trinajstić information content (AvgIpc) is 3.14. The molecule has 0 aliphatic carbocycles. The third-order valence-corrected chi connectivity index (χ3v) is 3.82. The molecule has 0 atom stereocenters. The summed E-state index contributed by atoms with van der Waals surface area (Å²) in [5.74, 6) is -1.71. The Morgan fingerprint density at radius 1 is 1.03 bits per heavy atom. The number of para-hydroxylation sites is 2. The number of rotatable bonds is 8. The molecule has 2 amide bonds. The number of carbonyl (C=O) groups is 3. The van der Waals surface area contributed by atoms with E-state index in [1.165, 1.54) is 24.3 Å². The fraction of sp³-hybridized carbons (Fsp3) is 0.200. The van der Waals surface area contributed by atoms with Crippen LogP contribution in [0.2, 0.25) is 0 Å². The molecule has 1 heterocycles. The maximum Gasteiger partial charge on any atom is 0.306 e. The maximum atomic E-state index is 12.8. The molecule has 3 aromatic rings. The smallest absolute Gasteiger partial charge is 0.306 e. The van der Waals surface area contributed by atoms with Crippen molar-refractivity contribution in [2.45, 2.75) is 12.8 Å². The van der Waals surface area contributed by atoms with Gasteiger partial charge in [0.15, 0.2) is 18.1 Å². The molecule has 1 aromatic heterocycles. The highest BCUT2D eigenvalue weighted by Gasteiger charge is 2.12. The molecule has 2 aromatic carbocycles. The van der Waals surface area contributed by atoms with Crippen LogP contribution in [-0.4, -0.2) is 35.9 Å². The van der Waals surface area contributed by atoms with E-state index in [-0.39, 0.29) is 19.4 Å². The lowest BCUT2D eigenvalue weighted by atomic mass is 10.3. The summed E-state index contributed by atoms with van der Waals surface area (Å²) in [4.78, 5) is 39.4. The number of ether oxygens (including phenoxy) is 1. The minimum Gasteiger partial charge on any atom is -0.456 e. The zero-order chi connectivity index (χ0) is 20.6. The van der Waals surface area contributed by atoms with Gasteiger partial charge in [-0.15, -0.1) is 0 Å². The number of carbonyl (C=O) groups excluding carboxylic acids is 3. The highest BCUT2D eigenvalue weighted by atomic mass is 19.1. The topological polar surface area (TPSA) is 111 Å². The molecular weight excluding hydrogens is 381 g/mol. The van der Waals surface area contributed by atoms with E-state index in [1.54, 1.807) is 12.1 Å². The third-order valence-electron chi connectivity index (χ3n) is 3.82. The van der Waals surface area contributed by atoms with Crippen LogP contribution in [0, 0.1) is 5.82 Å². The number of nitrogens with zero attached hydrogens (tertiary/aromatic N) is 1. The molecule has 150 valence electrons. The lowest BCUT2D eigenvalue weighted by molar-refractivity contribution is -0.148. The molecule has 8 nitrogen and oxygen atoms in total. The highest BCUT2D eigenvalue weighted by molar-refractivity contribution is 5.94. The summed E-state index contributed by atoms with van der Waals surface area (Å²) in [5.41, 5.74) is 1.74. The molecule has 0 radical (unpaired) electrons. The van der Waals surface area contributed by atoms with E-state index in [1.807, 2.05) is 12.1 Å².